The predicted molar refractivity (Wildman–Crippen MR) is 61.6 cm³/mol. The van der Waals surface area contributed by atoms with Gasteiger partial charge in [-0.05, 0) is 0 Å². The van der Waals surface area contributed by atoms with Crippen LogP contribution >= 0.6 is 0 Å². The molecule has 0 aliphatic carbocycles. The summed E-state index contributed by atoms with van der Waals surface area (Å²) in [5.41, 5.74) is 0.738. The van der Waals surface area contributed by atoms with Gasteiger partial charge in [-0.15, -0.1) is 5.16 Å². The lowest BCUT2D eigenvalue weighted by atomic mass is 10.00. The molecule has 0 radical (unpaired) electrons. The number of rotatable bonds is 1. The SMILES string of the molecule is CC(C)(C)C=NO.O=Cc1ccccc1. The van der Waals surface area contributed by atoms with Crippen LogP contribution in [0.5, 0.6) is 0 Å². The molecule has 82 valence electrons. The topological polar surface area (TPSA) is 49.7 Å². The van der Waals surface area contributed by atoms with Gasteiger partial charge in [0.05, 0.1) is 0 Å². The van der Waals surface area contributed by atoms with Gasteiger partial charge in [-0.3, -0.25) is 4.79 Å². The Labute approximate surface area is 90.4 Å². The lowest BCUT2D eigenvalue weighted by Crippen LogP contribution is -2.05. The minimum atomic E-state index is 0.00868. The number of carbonyl (C=O) groups excluding carboxylic acids is 1. The Hall–Kier alpha value is -1.64. The van der Waals surface area contributed by atoms with E-state index in [0.717, 1.165) is 11.8 Å². The predicted octanol–water partition coefficient (Wildman–Crippen LogP) is 2.99. The Balaban J connectivity index is 0.000000265. The number of hydrogen-bond donors (Lipinski definition) is 1. The fourth-order valence-corrected chi connectivity index (χ4v) is 0.705. The van der Waals surface area contributed by atoms with Gasteiger partial charge in [0.15, 0.2) is 0 Å². The first-order chi connectivity index (χ1) is 6.99. The van der Waals surface area contributed by atoms with Crippen molar-refractivity contribution in [2.75, 3.05) is 0 Å². The molecule has 0 fully saturated rings. The number of carbonyl (C=O) groups is 1. The van der Waals surface area contributed by atoms with E-state index in [-0.39, 0.29) is 5.41 Å². The van der Waals surface area contributed by atoms with Crippen LogP contribution in [0.3, 0.4) is 0 Å². The molecule has 1 N–H and O–H groups in total. The summed E-state index contributed by atoms with van der Waals surface area (Å²) < 4.78 is 0. The van der Waals surface area contributed by atoms with Gasteiger partial charge in [0.2, 0.25) is 0 Å². The highest BCUT2D eigenvalue weighted by Gasteiger charge is 2.03. The van der Waals surface area contributed by atoms with Crippen LogP contribution in [0, 0.1) is 5.41 Å². The average molecular weight is 207 g/mol. The molecule has 1 aromatic carbocycles. The molecule has 0 bridgehead atoms. The van der Waals surface area contributed by atoms with E-state index >= 15 is 0 Å². The largest absolute Gasteiger partial charge is 0.411 e. The van der Waals surface area contributed by atoms with Crippen molar-refractivity contribution in [3.63, 3.8) is 0 Å². The molecule has 0 unspecified atom stereocenters. The van der Waals surface area contributed by atoms with E-state index in [1.54, 1.807) is 12.1 Å². The summed E-state index contributed by atoms with van der Waals surface area (Å²) in [5.74, 6) is 0. The lowest BCUT2D eigenvalue weighted by Gasteiger charge is -2.06. The molecular formula is C12H17NO2. The molecule has 1 aromatic rings. The van der Waals surface area contributed by atoms with Crippen LogP contribution in [0.4, 0.5) is 0 Å². The highest BCUT2D eigenvalue weighted by Crippen LogP contribution is 2.07. The van der Waals surface area contributed by atoms with Gasteiger partial charge in [-0.25, -0.2) is 0 Å². The van der Waals surface area contributed by atoms with Crippen LogP contribution in [-0.2, 0) is 0 Å². The normalized spacial score (nSPS) is 10.6. The van der Waals surface area contributed by atoms with Crippen molar-refractivity contribution in [2.24, 2.45) is 10.6 Å². The summed E-state index contributed by atoms with van der Waals surface area (Å²) in [7, 11) is 0. The first-order valence-electron chi connectivity index (χ1n) is 4.68. The lowest BCUT2D eigenvalue weighted by molar-refractivity contribution is 0.112. The molecule has 0 saturated heterocycles. The molecule has 0 saturated carbocycles. The smallest absolute Gasteiger partial charge is 0.150 e. The molecule has 15 heavy (non-hydrogen) atoms. The first-order valence-corrected chi connectivity index (χ1v) is 4.68. The molecule has 0 aromatic heterocycles. The van der Waals surface area contributed by atoms with Gasteiger partial charge in [0, 0.05) is 17.2 Å². The summed E-state index contributed by atoms with van der Waals surface area (Å²) in [4.78, 5) is 10.0. The van der Waals surface area contributed by atoms with Crippen molar-refractivity contribution in [1.29, 1.82) is 0 Å². The van der Waals surface area contributed by atoms with Crippen LogP contribution in [0.25, 0.3) is 0 Å². The van der Waals surface area contributed by atoms with E-state index in [4.69, 9.17) is 5.21 Å². The molecule has 0 aliphatic rings. The highest BCUT2D eigenvalue weighted by molar-refractivity contribution is 5.74. The molecule has 0 heterocycles. The van der Waals surface area contributed by atoms with Gasteiger partial charge in [-0.1, -0.05) is 51.1 Å². The Morgan fingerprint density at radius 2 is 1.73 bits per heavy atom. The quantitative estimate of drug-likeness (QED) is 0.333. The van der Waals surface area contributed by atoms with Crippen molar-refractivity contribution in [2.45, 2.75) is 20.8 Å². The molecule has 3 heteroatoms. The van der Waals surface area contributed by atoms with E-state index in [9.17, 15) is 4.79 Å². The van der Waals surface area contributed by atoms with Gasteiger partial charge in [0.25, 0.3) is 0 Å². The molecule has 0 atom stereocenters. The maximum Gasteiger partial charge on any atom is 0.150 e. The minimum absolute atomic E-state index is 0.00868. The van der Waals surface area contributed by atoms with E-state index in [1.807, 2.05) is 39.0 Å². The van der Waals surface area contributed by atoms with E-state index in [2.05, 4.69) is 5.16 Å². The second kappa shape index (κ2) is 6.76. The fourth-order valence-electron chi connectivity index (χ4n) is 0.705. The van der Waals surface area contributed by atoms with E-state index in [1.165, 1.54) is 6.21 Å². The molecule has 3 nitrogen and oxygen atoms in total. The molecule has 0 amide bonds. The van der Waals surface area contributed by atoms with Gasteiger partial charge >= 0.3 is 0 Å². The number of oxime groups is 1. The number of benzene rings is 1. The zero-order valence-corrected chi connectivity index (χ0v) is 9.34. The summed E-state index contributed by atoms with van der Waals surface area (Å²) in [5, 5.41) is 10.9. The maximum absolute atomic E-state index is 10.0. The summed E-state index contributed by atoms with van der Waals surface area (Å²) in [6, 6.07) is 9.10. The van der Waals surface area contributed by atoms with Crippen molar-refractivity contribution < 1.29 is 10.0 Å². The molecule has 1 rings (SSSR count). The molecular weight excluding hydrogens is 190 g/mol. The third kappa shape index (κ3) is 8.68. The van der Waals surface area contributed by atoms with Crippen molar-refractivity contribution in [3.05, 3.63) is 35.9 Å². The third-order valence-corrected chi connectivity index (χ3v) is 1.38. The number of hydrogen-bond acceptors (Lipinski definition) is 3. The highest BCUT2D eigenvalue weighted by atomic mass is 16.4. The Kier molecular flexibility index (Phi) is 6.02. The maximum atomic E-state index is 10.0. The monoisotopic (exact) mass is 207 g/mol. The summed E-state index contributed by atoms with van der Waals surface area (Å²) in [6.07, 6.45) is 2.33. The number of aldehydes is 1. The Morgan fingerprint density at radius 3 is 1.93 bits per heavy atom. The van der Waals surface area contributed by atoms with Crippen molar-refractivity contribution in [1.82, 2.24) is 0 Å². The van der Waals surface area contributed by atoms with Crippen molar-refractivity contribution in [3.8, 4) is 0 Å². The average Bonchev–Trinajstić information content (AvgIpc) is 2.18. The van der Waals surface area contributed by atoms with Crippen LogP contribution in [-0.4, -0.2) is 17.7 Å². The molecule has 0 aliphatic heterocycles. The Bertz CT molecular complexity index is 299. The minimum Gasteiger partial charge on any atom is -0.411 e. The second-order valence-electron chi connectivity index (χ2n) is 4.14. The first kappa shape index (κ1) is 13.4. The fraction of sp³-hybridized carbons (Fsp3) is 0.333. The molecule has 0 spiro atoms. The van der Waals surface area contributed by atoms with Crippen LogP contribution in [0.1, 0.15) is 31.1 Å². The van der Waals surface area contributed by atoms with Crippen LogP contribution in [0.15, 0.2) is 35.5 Å². The summed E-state index contributed by atoms with van der Waals surface area (Å²) >= 11 is 0. The third-order valence-electron chi connectivity index (χ3n) is 1.38. The van der Waals surface area contributed by atoms with Crippen LogP contribution in [0.2, 0.25) is 0 Å². The van der Waals surface area contributed by atoms with Crippen molar-refractivity contribution >= 4 is 12.5 Å². The van der Waals surface area contributed by atoms with Gasteiger partial charge < -0.3 is 5.21 Å². The zero-order valence-electron chi connectivity index (χ0n) is 9.34. The van der Waals surface area contributed by atoms with E-state index < -0.39 is 0 Å². The standard InChI is InChI=1S/C7H6O.C5H11NO/c8-6-7-4-2-1-3-5-7;1-5(2,3)4-6-7/h1-6H;4,7H,1-3H3. The summed E-state index contributed by atoms with van der Waals surface area (Å²) in [6.45, 7) is 5.90. The van der Waals surface area contributed by atoms with E-state index in [0.29, 0.717) is 0 Å². The zero-order chi connectivity index (χ0) is 11.7. The van der Waals surface area contributed by atoms with Gasteiger partial charge in [-0.2, -0.15) is 0 Å². The number of nitrogens with zero attached hydrogens (tertiary/aromatic N) is 1. The van der Waals surface area contributed by atoms with Crippen LogP contribution < -0.4 is 0 Å². The Morgan fingerprint density at radius 1 is 1.20 bits per heavy atom. The van der Waals surface area contributed by atoms with Gasteiger partial charge in [0.1, 0.15) is 6.29 Å². The second-order valence-corrected chi connectivity index (χ2v) is 4.14.